The molecule has 0 amide bonds. The van der Waals surface area contributed by atoms with Crippen LogP contribution < -0.4 is 14.3 Å². The van der Waals surface area contributed by atoms with Crippen LogP contribution >= 0.6 is 11.6 Å². The SMILES string of the molecule is COc1ccc(S(=O)(=O)NN=Cc2cccc(OCc3cccc(Cl)c3)c2)cc1. The number of ether oxygens (including phenoxy) is 2. The van der Waals surface area contributed by atoms with Gasteiger partial charge in [-0.3, -0.25) is 0 Å². The lowest BCUT2D eigenvalue weighted by molar-refractivity contribution is 0.306. The summed E-state index contributed by atoms with van der Waals surface area (Å²) >= 11 is 5.97. The molecule has 0 aliphatic carbocycles. The third-order valence-electron chi connectivity index (χ3n) is 3.91. The van der Waals surface area contributed by atoms with Crippen LogP contribution in [0.1, 0.15) is 11.1 Å². The van der Waals surface area contributed by atoms with Crippen molar-refractivity contribution < 1.29 is 17.9 Å². The van der Waals surface area contributed by atoms with E-state index >= 15 is 0 Å². The number of nitrogens with zero attached hydrogens (tertiary/aromatic N) is 1. The molecule has 3 aromatic rings. The molecule has 0 fully saturated rings. The van der Waals surface area contributed by atoms with Crippen LogP contribution in [0.25, 0.3) is 0 Å². The van der Waals surface area contributed by atoms with Crippen molar-refractivity contribution in [1.29, 1.82) is 0 Å². The molecule has 0 aliphatic heterocycles. The van der Waals surface area contributed by atoms with E-state index in [4.69, 9.17) is 21.1 Å². The van der Waals surface area contributed by atoms with Crippen LogP contribution in [0, 0.1) is 0 Å². The topological polar surface area (TPSA) is 77.0 Å². The minimum atomic E-state index is -3.76. The standard InChI is InChI=1S/C21H19ClN2O4S/c1-27-19-8-10-21(11-9-19)29(25,26)24-23-14-16-4-3-7-20(13-16)28-15-17-5-2-6-18(22)12-17/h2-14,24H,15H2,1H3. The van der Waals surface area contributed by atoms with E-state index in [0.29, 0.717) is 28.7 Å². The van der Waals surface area contributed by atoms with Gasteiger partial charge in [0.05, 0.1) is 18.2 Å². The van der Waals surface area contributed by atoms with Crippen LogP contribution in [0.15, 0.2) is 82.8 Å². The Kier molecular flexibility index (Phi) is 6.74. The Hall–Kier alpha value is -3.03. The van der Waals surface area contributed by atoms with Crippen molar-refractivity contribution in [3.05, 3.63) is 88.9 Å². The molecular formula is C21H19ClN2O4S. The highest BCUT2D eigenvalue weighted by Crippen LogP contribution is 2.17. The summed E-state index contributed by atoms with van der Waals surface area (Å²) < 4.78 is 35.3. The third-order valence-corrected chi connectivity index (χ3v) is 5.38. The molecule has 0 heterocycles. The number of halogens is 1. The summed E-state index contributed by atoms with van der Waals surface area (Å²) in [6, 6.07) is 20.6. The van der Waals surface area contributed by atoms with Crippen LogP contribution in [-0.2, 0) is 16.6 Å². The Bertz CT molecular complexity index is 1100. The van der Waals surface area contributed by atoms with E-state index in [2.05, 4.69) is 9.93 Å². The van der Waals surface area contributed by atoms with E-state index in [-0.39, 0.29) is 4.90 Å². The van der Waals surface area contributed by atoms with E-state index in [1.165, 1.54) is 25.5 Å². The van der Waals surface area contributed by atoms with Crippen molar-refractivity contribution in [3.63, 3.8) is 0 Å². The first-order chi connectivity index (χ1) is 14.0. The molecule has 3 aromatic carbocycles. The molecule has 0 aliphatic rings. The first-order valence-corrected chi connectivity index (χ1v) is 10.5. The van der Waals surface area contributed by atoms with Gasteiger partial charge in [0.25, 0.3) is 10.0 Å². The first-order valence-electron chi connectivity index (χ1n) is 8.62. The van der Waals surface area contributed by atoms with Crippen molar-refractivity contribution in [3.8, 4) is 11.5 Å². The zero-order valence-corrected chi connectivity index (χ0v) is 17.2. The Morgan fingerprint density at radius 1 is 1.00 bits per heavy atom. The van der Waals surface area contributed by atoms with Crippen molar-refractivity contribution >= 4 is 27.8 Å². The number of nitrogens with one attached hydrogen (secondary N) is 1. The highest BCUT2D eigenvalue weighted by molar-refractivity contribution is 7.89. The predicted molar refractivity (Wildman–Crippen MR) is 113 cm³/mol. The average Bonchev–Trinajstić information content (AvgIpc) is 2.72. The van der Waals surface area contributed by atoms with Gasteiger partial charge in [0.15, 0.2) is 0 Å². The number of methoxy groups -OCH3 is 1. The minimum absolute atomic E-state index is 0.0917. The normalized spacial score (nSPS) is 11.4. The fraction of sp³-hybridized carbons (Fsp3) is 0.0952. The summed E-state index contributed by atoms with van der Waals surface area (Å²) in [4.78, 5) is 2.28. The molecular weight excluding hydrogens is 412 g/mol. The lowest BCUT2D eigenvalue weighted by Gasteiger charge is -2.07. The summed E-state index contributed by atoms with van der Waals surface area (Å²) in [6.45, 7) is 0.366. The molecule has 0 unspecified atom stereocenters. The number of rotatable bonds is 8. The Balaban J connectivity index is 1.62. The molecule has 0 saturated carbocycles. The summed E-state index contributed by atoms with van der Waals surface area (Å²) in [7, 11) is -2.25. The number of hydrazone groups is 1. The third kappa shape index (κ3) is 5.97. The molecule has 0 aromatic heterocycles. The second-order valence-electron chi connectivity index (χ2n) is 6.02. The zero-order chi connectivity index (χ0) is 20.7. The van der Waals surface area contributed by atoms with Crippen molar-refractivity contribution in [2.24, 2.45) is 5.10 Å². The summed E-state index contributed by atoms with van der Waals surface area (Å²) in [5.41, 5.74) is 1.63. The highest BCUT2D eigenvalue weighted by atomic mass is 35.5. The number of hydrogen-bond donors (Lipinski definition) is 1. The van der Waals surface area contributed by atoms with E-state index < -0.39 is 10.0 Å². The minimum Gasteiger partial charge on any atom is -0.497 e. The van der Waals surface area contributed by atoms with Gasteiger partial charge in [-0.15, -0.1) is 0 Å². The summed E-state index contributed by atoms with van der Waals surface area (Å²) in [5, 5.41) is 4.49. The van der Waals surface area contributed by atoms with Crippen LogP contribution in [0.2, 0.25) is 5.02 Å². The maximum absolute atomic E-state index is 12.3. The van der Waals surface area contributed by atoms with Gasteiger partial charge in [-0.25, -0.2) is 4.83 Å². The Morgan fingerprint density at radius 3 is 2.48 bits per heavy atom. The summed E-state index contributed by atoms with van der Waals surface area (Å²) in [5.74, 6) is 1.20. The van der Waals surface area contributed by atoms with E-state index in [1.54, 1.807) is 36.4 Å². The van der Waals surface area contributed by atoms with Gasteiger partial charge in [-0.1, -0.05) is 35.9 Å². The van der Waals surface area contributed by atoms with Crippen LogP contribution in [0.3, 0.4) is 0 Å². The lowest BCUT2D eigenvalue weighted by atomic mass is 10.2. The molecule has 6 nitrogen and oxygen atoms in total. The molecule has 0 atom stereocenters. The maximum Gasteiger partial charge on any atom is 0.276 e. The van der Waals surface area contributed by atoms with Gasteiger partial charge in [0, 0.05) is 5.02 Å². The Morgan fingerprint density at radius 2 is 1.76 bits per heavy atom. The second-order valence-corrected chi connectivity index (χ2v) is 8.12. The monoisotopic (exact) mass is 430 g/mol. The largest absolute Gasteiger partial charge is 0.497 e. The number of sulfonamides is 1. The fourth-order valence-electron chi connectivity index (χ4n) is 2.46. The molecule has 1 N–H and O–H groups in total. The Labute approximate surface area is 174 Å². The van der Waals surface area contributed by atoms with Crippen molar-refractivity contribution in [1.82, 2.24) is 4.83 Å². The van der Waals surface area contributed by atoms with Gasteiger partial charge in [-0.05, 0) is 59.7 Å². The molecule has 3 rings (SSSR count). The molecule has 0 radical (unpaired) electrons. The van der Waals surface area contributed by atoms with Gasteiger partial charge in [-0.2, -0.15) is 13.5 Å². The zero-order valence-electron chi connectivity index (χ0n) is 15.6. The number of benzene rings is 3. The second kappa shape index (κ2) is 9.45. The van der Waals surface area contributed by atoms with Crippen LogP contribution in [-0.4, -0.2) is 21.7 Å². The predicted octanol–water partition coefficient (Wildman–Crippen LogP) is 4.24. The van der Waals surface area contributed by atoms with Gasteiger partial charge in [0.2, 0.25) is 0 Å². The quantitative estimate of drug-likeness (QED) is 0.428. The van der Waals surface area contributed by atoms with E-state index in [0.717, 1.165) is 5.56 Å². The van der Waals surface area contributed by atoms with Gasteiger partial charge >= 0.3 is 0 Å². The molecule has 0 bridgehead atoms. The van der Waals surface area contributed by atoms with E-state index in [9.17, 15) is 8.42 Å². The van der Waals surface area contributed by atoms with Crippen molar-refractivity contribution in [2.45, 2.75) is 11.5 Å². The average molecular weight is 431 g/mol. The van der Waals surface area contributed by atoms with E-state index in [1.807, 2.05) is 24.3 Å². The van der Waals surface area contributed by atoms with Crippen LogP contribution in [0.4, 0.5) is 0 Å². The molecule has 150 valence electrons. The summed E-state index contributed by atoms with van der Waals surface area (Å²) in [6.07, 6.45) is 1.41. The number of hydrogen-bond acceptors (Lipinski definition) is 5. The lowest BCUT2D eigenvalue weighted by Crippen LogP contribution is -2.18. The van der Waals surface area contributed by atoms with Crippen molar-refractivity contribution in [2.75, 3.05) is 7.11 Å². The smallest absolute Gasteiger partial charge is 0.276 e. The molecule has 0 saturated heterocycles. The fourth-order valence-corrected chi connectivity index (χ4v) is 3.46. The first kappa shape index (κ1) is 20.7. The molecule has 8 heteroatoms. The highest BCUT2D eigenvalue weighted by Gasteiger charge is 2.12. The van der Waals surface area contributed by atoms with Crippen LogP contribution in [0.5, 0.6) is 11.5 Å². The van der Waals surface area contributed by atoms with Gasteiger partial charge in [0.1, 0.15) is 18.1 Å². The maximum atomic E-state index is 12.3. The molecule has 0 spiro atoms. The molecule has 29 heavy (non-hydrogen) atoms. The van der Waals surface area contributed by atoms with Gasteiger partial charge < -0.3 is 9.47 Å².